The molecule has 0 saturated heterocycles. The second-order valence-corrected chi connectivity index (χ2v) is 10.8. The predicted molar refractivity (Wildman–Crippen MR) is 152 cm³/mol. The quantitative estimate of drug-likeness (QED) is 0.324. The third-order valence-electron chi connectivity index (χ3n) is 6.22. The van der Waals surface area contributed by atoms with E-state index in [0.717, 1.165) is 21.5 Å². The molecule has 0 unspecified atom stereocenters. The Kier molecular flexibility index (Phi) is 8.10. The molecule has 2 amide bonds. The first-order chi connectivity index (χ1) is 18.0. The van der Waals surface area contributed by atoms with Gasteiger partial charge in [-0.15, -0.1) is 11.3 Å². The molecule has 0 aliphatic carbocycles. The highest BCUT2D eigenvalue weighted by molar-refractivity contribution is 7.20. The summed E-state index contributed by atoms with van der Waals surface area (Å²) in [4.78, 5) is 57.5. The first-order valence-electron chi connectivity index (χ1n) is 11.8. The van der Waals surface area contributed by atoms with Crippen molar-refractivity contribution in [1.29, 1.82) is 0 Å². The molecule has 0 aliphatic rings. The summed E-state index contributed by atoms with van der Waals surface area (Å²) in [5.41, 5.74) is 0.290. The van der Waals surface area contributed by atoms with E-state index in [4.69, 9.17) is 23.2 Å². The standard InChI is InChI=1S/C27H26Cl2N4O4S/c1-5-31(14-17-9-7-6-8-10-17)21(34)15-32-26-22(16(2)23(38-26)25(36)30(3)4)24(35)33(27(32)37)18-11-12-19(28)20(29)13-18/h6-13H,5,14-15H2,1-4H3. The Labute approximate surface area is 233 Å². The fourth-order valence-corrected chi connectivity index (χ4v) is 5.77. The maximum absolute atomic E-state index is 13.8. The van der Waals surface area contributed by atoms with Crippen molar-refractivity contribution in [3.8, 4) is 5.69 Å². The number of aryl methyl sites for hydroxylation is 1. The largest absolute Gasteiger partial charge is 0.344 e. The molecule has 0 aliphatic heterocycles. The molecule has 2 aromatic carbocycles. The molecule has 0 fully saturated rings. The highest BCUT2D eigenvalue weighted by Crippen LogP contribution is 2.30. The van der Waals surface area contributed by atoms with E-state index in [0.29, 0.717) is 23.5 Å². The summed E-state index contributed by atoms with van der Waals surface area (Å²) in [6, 6.07) is 14.0. The fourth-order valence-electron chi connectivity index (χ4n) is 4.16. The third kappa shape index (κ3) is 5.14. The van der Waals surface area contributed by atoms with Crippen LogP contribution >= 0.6 is 34.5 Å². The zero-order chi connectivity index (χ0) is 27.7. The van der Waals surface area contributed by atoms with Gasteiger partial charge in [-0.2, -0.15) is 0 Å². The summed E-state index contributed by atoms with van der Waals surface area (Å²) in [6.07, 6.45) is 0. The molecule has 0 spiro atoms. The Hall–Kier alpha value is -3.40. The van der Waals surface area contributed by atoms with Crippen LogP contribution in [0.25, 0.3) is 15.9 Å². The molecule has 0 radical (unpaired) electrons. The minimum atomic E-state index is -0.713. The number of benzene rings is 2. The van der Waals surface area contributed by atoms with Crippen LogP contribution in [0.2, 0.25) is 10.0 Å². The maximum atomic E-state index is 13.8. The molecule has 2 aromatic heterocycles. The summed E-state index contributed by atoms with van der Waals surface area (Å²) in [6.45, 7) is 4.01. The lowest BCUT2D eigenvalue weighted by Gasteiger charge is -2.22. The molecular formula is C27H26Cl2N4O4S. The van der Waals surface area contributed by atoms with E-state index < -0.39 is 11.2 Å². The van der Waals surface area contributed by atoms with Gasteiger partial charge in [-0.3, -0.25) is 19.0 Å². The Balaban J connectivity index is 1.93. The number of hydrogen-bond donors (Lipinski definition) is 0. The van der Waals surface area contributed by atoms with Crippen molar-refractivity contribution < 1.29 is 9.59 Å². The van der Waals surface area contributed by atoms with Crippen molar-refractivity contribution in [2.45, 2.75) is 26.9 Å². The van der Waals surface area contributed by atoms with Gasteiger partial charge in [-0.25, -0.2) is 9.36 Å². The number of halogens is 2. The molecule has 0 saturated carbocycles. The van der Waals surface area contributed by atoms with Crippen LogP contribution in [0.15, 0.2) is 58.1 Å². The first-order valence-corrected chi connectivity index (χ1v) is 13.4. The topological polar surface area (TPSA) is 84.6 Å². The normalized spacial score (nSPS) is 11.1. The van der Waals surface area contributed by atoms with E-state index in [1.165, 1.54) is 27.7 Å². The Morgan fingerprint density at radius 3 is 2.29 bits per heavy atom. The molecule has 2 heterocycles. The molecule has 198 valence electrons. The van der Waals surface area contributed by atoms with Gasteiger partial charge in [-0.1, -0.05) is 53.5 Å². The van der Waals surface area contributed by atoms with E-state index in [1.54, 1.807) is 25.9 Å². The molecule has 0 atom stereocenters. The van der Waals surface area contributed by atoms with Gasteiger partial charge < -0.3 is 9.80 Å². The number of fused-ring (bicyclic) bond motifs is 1. The predicted octanol–water partition coefficient (Wildman–Crippen LogP) is 4.58. The van der Waals surface area contributed by atoms with Gasteiger partial charge in [-0.05, 0) is 43.2 Å². The van der Waals surface area contributed by atoms with E-state index in [-0.39, 0.29) is 44.3 Å². The van der Waals surface area contributed by atoms with Crippen LogP contribution in [0.1, 0.15) is 27.7 Å². The van der Waals surface area contributed by atoms with Crippen LogP contribution in [-0.4, -0.2) is 51.4 Å². The number of rotatable bonds is 7. The van der Waals surface area contributed by atoms with Crippen LogP contribution < -0.4 is 11.2 Å². The van der Waals surface area contributed by atoms with Crippen molar-refractivity contribution in [2.75, 3.05) is 20.6 Å². The van der Waals surface area contributed by atoms with Gasteiger partial charge >= 0.3 is 5.69 Å². The average molecular weight is 574 g/mol. The minimum Gasteiger partial charge on any atom is -0.344 e. The van der Waals surface area contributed by atoms with Gasteiger partial charge in [0.1, 0.15) is 11.4 Å². The lowest BCUT2D eigenvalue weighted by Crippen LogP contribution is -2.42. The second-order valence-electron chi connectivity index (χ2n) is 8.94. The second kappa shape index (κ2) is 11.1. The number of nitrogens with zero attached hydrogens (tertiary/aromatic N) is 4. The van der Waals surface area contributed by atoms with Crippen molar-refractivity contribution in [3.05, 3.63) is 95.4 Å². The van der Waals surface area contributed by atoms with Crippen LogP contribution in [0, 0.1) is 6.92 Å². The van der Waals surface area contributed by atoms with E-state index in [1.807, 2.05) is 37.3 Å². The summed E-state index contributed by atoms with van der Waals surface area (Å²) in [5.74, 6) is -0.598. The van der Waals surface area contributed by atoms with E-state index in [2.05, 4.69) is 0 Å². The Morgan fingerprint density at radius 1 is 1.00 bits per heavy atom. The molecular weight excluding hydrogens is 547 g/mol. The van der Waals surface area contributed by atoms with Crippen molar-refractivity contribution >= 4 is 56.6 Å². The number of thiophene rings is 1. The highest BCUT2D eigenvalue weighted by Gasteiger charge is 2.26. The number of carbonyl (C=O) groups excluding carboxylic acids is 2. The summed E-state index contributed by atoms with van der Waals surface area (Å²) < 4.78 is 2.23. The van der Waals surface area contributed by atoms with Crippen LogP contribution in [-0.2, 0) is 17.9 Å². The van der Waals surface area contributed by atoms with Crippen LogP contribution in [0.3, 0.4) is 0 Å². The summed E-state index contributed by atoms with van der Waals surface area (Å²) >= 11 is 13.3. The van der Waals surface area contributed by atoms with Crippen LogP contribution in [0.4, 0.5) is 0 Å². The van der Waals surface area contributed by atoms with Crippen LogP contribution in [0.5, 0.6) is 0 Å². The maximum Gasteiger partial charge on any atom is 0.337 e. The van der Waals surface area contributed by atoms with E-state index >= 15 is 0 Å². The number of carbonyl (C=O) groups is 2. The molecule has 38 heavy (non-hydrogen) atoms. The monoisotopic (exact) mass is 572 g/mol. The smallest absolute Gasteiger partial charge is 0.337 e. The van der Waals surface area contributed by atoms with Gasteiger partial charge in [0, 0.05) is 27.2 Å². The molecule has 8 nitrogen and oxygen atoms in total. The fraction of sp³-hybridized carbons (Fsp3) is 0.259. The molecule has 4 rings (SSSR count). The minimum absolute atomic E-state index is 0.170. The Bertz CT molecular complexity index is 1660. The highest BCUT2D eigenvalue weighted by atomic mass is 35.5. The molecule has 0 bridgehead atoms. The van der Waals surface area contributed by atoms with Gasteiger partial charge in [0.05, 0.1) is 26.0 Å². The zero-order valence-corrected chi connectivity index (χ0v) is 23.7. The summed E-state index contributed by atoms with van der Waals surface area (Å²) in [5, 5.41) is 0.638. The van der Waals surface area contributed by atoms with Gasteiger partial charge in [0.2, 0.25) is 5.91 Å². The van der Waals surface area contributed by atoms with Crippen molar-refractivity contribution in [3.63, 3.8) is 0 Å². The molecule has 11 heteroatoms. The van der Waals surface area contributed by atoms with Gasteiger partial charge in [0.25, 0.3) is 11.5 Å². The van der Waals surface area contributed by atoms with E-state index in [9.17, 15) is 19.2 Å². The average Bonchev–Trinajstić information content (AvgIpc) is 3.24. The SMILES string of the molecule is CCN(Cc1ccccc1)C(=O)Cn1c(=O)n(-c2ccc(Cl)c(Cl)c2)c(=O)c2c(C)c(C(=O)N(C)C)sc21. The number of amides is 2. The van der Waals surface area contributed by atoms with Crippen molar-refractivity contribution in [1.82, 2.24) is 18.9 Å². The Morgan fingerprint density at radius 2 is 1.68 bits per heavy atom. The third-order valence-corrected chi connectivity index (χ3v) is 8.26. The molecule has 4 aromatic rings. The molecule has 0 N–H and O–H groups in total. The number of hydrogen-bond acceptors (Lipinski definition) is 5. The lowest BCUT2D eigenvalue weighted by molar-refractivity contribution is -0.132. The summed E-state index contributed by atoms with van der Waals surface area (Å²) in [7, 11) is 3.22. The zero-order valence-electron chi connectivity index (χ0n) is 21.3. The number of aromatic nitrogens is 2. The van der Waals surface area contributed by atoms with Crippen molar-refractivity contribution in [2.24, 2.45) is 0 Å². The van der Waals surface area contributed by atoms with Gasteiger partial charge in [0.15, 0.2) is 0 Å². The lowest BCUT2D eigenvalue weighted by atomic mass is 10.2. The first kappa shape index (κ1) is 27.6. The number of likely N-dealkylation sites (N-methyl/N-ethyl adjacent to an activating group) is 1.